The lowest BCUT2D eigenvalue weighted by molar-refractivity contribution is -0.130. The summed E-state index contributed by atoms with van der Waals surface area (Å²) in [7, 11) is 0. The highest BCUT2D eigenvalue weighted by Gasteiger charge is 2.19. The predicted octanol–water partition coefficient (Wildman–Crippen LogP) is 4.17. The van der Waals surface area contributed by atoms with E-state index >= 15 is 0 Å². The van der Waals surface area contributed by atoms with Crippen LogP contribution in [0, 0.1) is 6.92 Å². The van der Waals surface area contributed by atoms with E-state index in [2.05, 4.69) is 10.2 Å². The van der Waals surface area contributed by atoms with Gasteiger partial charge in [-0.25, -0.2) is 0 Å². The van der Waals surface area contributed by atoms with Gasteiger partial charge in [-0.2, -0.15) is 0 Å². The Hall–Kier alpha value is -2.54. The number of hydrogen-bond donors (Lipinski definition) is 0. The van der Waals surface area contributed by atoms with Gasteiger partial charge in [0.05, 0.1) is 17.6 Å². The number of aromatic nitrogens is 2. The summed E-state index contributed by atoms with van der Waals surface area (Å²) in [6, 6.07) is 11.9. The van der Waals surface area contributed by atoms with Gasteiger partial charge in [-0.3, -0.25) is 4.79 Å². The summed E-state index contributed by atoms with van der Waals surface area (Å²) in [6.45, 7) is 6.44. The number of carbonyl (C=O) groups excluding carboxylic acids is 1. The summed E-state index contributed by atoms with van der Waals surface area (Å²) in [5.41, 5.74) is 1.87. The van der Waals surface area contributed by atoms with Crippen molar-refractivity contribution in [3.8, 4) is 11.5 Å². The topological polar surface area (TPSA) is 72.4 Å². The Balaban J connectivity index is 1.62. The fraction of sp³-hybridized carbons (Fsp3) is 0.316. The maximum atomic E-state index is 12.7. The van der Waals surface area contributed by atoms with E-state index in [4.69, 9.17) is 8.83 Å². The highest BCUT2D eigenvalue weighted by atomic mass is 32.2. The summed E-state index contributed by atoms with van der Waals surface area (Å²) in [4.78, 5) is 14.5. The molecule has 0 saturated carbocycles. The summed E-state index contributed by atoms with van der Waals surface area (Å²) in [5.74, 6) is 1.40. The lowest BCUT2D eigenvalue weighted by Crippen LogP contribution is -2.37. The molecule has 2 heterocycles. The van der Waals surface area contributed by atoms with Crippen molar-refractivity contribution in [2.45, 2.75) is 38.6 Å². The van der Waals surface area contributed by atoms with Crippen molar-refractivity contribution < 1.29 is 13.6 Å². The molecule has 0 aliphatic rings. The standard InChI is InChI=1S/C19H21N3O3S/c1-13(2)22(11-15-7-5-4-6-8-15)17(23)12-26-19-21-20-18(25-19)16-9-10-24-14(16)3/h4-10,13H,11-12H2,1-3H3. The fourth-order valence-corrected chi connectivity index (χ4v) is 3.18. The van der Waals surface area contributed by atoms with Gasteiger partial charge in [-0.1, -0.05) is 42.1 Å². The van der Waals surface area contributed by atoms with Crippen molar-refractivity contribution in [3.63, 3.8) is 0 Å². The van der Waals surface area contributed by atoms with Gasteiger partial charge in [0.1, 0.15) is 5.76 Å². The molecular weight excluding hydrogens is 350 g/mol. The molecule has 0 aliphatic heterocycles. The third-order valence-electron chi connectivity index (χ3n) is 3.95. The molecule has 1 aromatic carbocycles. The lowest BCUT2D eigenvalue weighted by Gasteiger charge is -2.26. The van der Waals surface area contributed by atoms with E-state index in [1.165, 1.54) is 11.8 Å². The van der Waals surface area contributed by atoms with Crippen molar-refractivity contribution in [2.24, 2.45) is 0 Å². The molecule has 26 heavy (non-hydrogen) atoms. The van der Waals surface area contributed by atoms with Gasteiger partial charge in [-0.05, 0) is 32.4 Å². The van der Waals surface area contributed by atoms with Gasteiger partial charge in [0.2, 0.25) is 5.91 Å². The van der Waals surface area contributed by atoms with E-state index in [-0.39, 0.29) is 17.7 Å². The molecule has 0 saturated heterocycles. The molecule has 2 aromatic heterocycles. The Kier molecular flexibility index (Phi) is 5.78. The highest BCUT2D eigenvalue weighted by molar-refractivity contribution is 7.99. The van der Waals surface area contributed by atoms with Crippen LogP contribution in [0.3, 0.4) is 0 Å². The van der Waals surface area contributed by atoms with Gasteiger partial charge in [0.15, 0.2) is 0 Å². The molecule has 1 amide bonds. The number of furan rings is 1. The maximum Gasteiger partial charge on any atom is 0.277 e. The number of nitrogens with zero attached hydrogens (tertiary/aromatic N) is 3. The minimum atomic E-state index is 0.0353. The molecule has 7 heteroatoms. The van der Waals surface area contributed by atoms with Crippen molar-refractivity contribution >= 4 is 17.7 Å². The second-order valence-electron chi connectivity index (χ2n) is 6.15. The first-order chi connectivity index (χ1) is 12.5. The Labute approximate surface area is 156 Å². The number of amides is 1. The zero-order valence-electron chi connectivity index (χ0n) is 15.0. The van der Waals surface area contributed by atoms with Crippen molar-refractivity contribution in [1.82, 2.24) is 15.1 Å². The van der Waals surface area contributed by atoms with Crippen LogP contribution in [0.15, 0.2) is 56.7 Å². The maximum absolute atomic E-state index is 12.7. The van der Waals surface area contributed by atoms with Crippen LogP contribution < -0.4 is 0 Å². The minimum absolute atomic E-state index is 0.0353. The Morgan fingerprint density at radius 3 is 2.62 bits per heavy atom. The Morgan fingerprint density at radius 2 is 1.96 bits per heavy atom. The fourth-order valence-electron chi connectivity index (χ4n) is 2.53. The first kappa shape index (κ1) is 18.3. The van der Waals surface area contributed by atoms with Crippen molar-refractivity contribution in [1.29, 1.82) is 0 Å². The van der Waals surface area contributed by atoms with Crippen LogP contribution in [0.25, 0.3) is 11.5 Å². The van der Waals surface area contributed by atoms with Gasteiger partial charge in [0, 0.05) is 12.6 Å². The number of carbonyl (C=O) groups is 1. The number of benzene rings is 1. The van der Waals surface area contributed by atoms with E-state index < -0.39 is 0 Å². The molecule has 0 spiro atoms. The summed E-state index contributed by atoms with van der Waals surface area (Å²) in [5, 5.41) is 8.40. The number of hydrogen-bond acceptors (Lipinski definition) is 6. The number of rotatable bonds is 7. The zero-order valence-corrected chi connectivity index (χ0v) is 15.8. The number of thioether (sulfide) groups is 1. The normalized spacial score (nSPS) is 11.1. The smallest absolute Gasteiger partial charge is 0.277 e. The molecule has 0 unspecified atom stereocenters. The van der Waals surface area contributed by atoms with Crippen LogP contribution in [0.1, 0.15) is 25.2 Å². The molecular formula is C19H21N3O3S. The molecule has 3 rings (SSSR count). The van der Waals surface area contributed by atoms with Gasteiger partial charge in [0.25, 0.3) is 11.1 Å². The summed E-state index contributed by atoms with van der Waals surface area (Å²) in [6.07, 6.45) is 1.58. The first-order valence-corrected chi connectivity index (χ1v) is 9.37. The van der Waals surface area contributed by atoms with Crippen molar-refractivity contribution in [2.75, 3.05) is 5.75 Å². The van der Waals surface area contributed by atoms with Crippen LogP contribution in [0.5, 0.6) is 0 Å². The lowest BCUT2D eigenvalue weighted by atomic mass is 10.2. The Morgan fingerprint density at radius 1 is 1.19 bits per heavy atom. The van der Waals surface area contributed by atoms with Crippen LogP contribution in [-0.2, 0) is 11.3 Å². The van der Waals surface area contributed by atoms with E-state index in [1.807, 2.05) is 56.0 Å². The zero-order chi connectivity index (χ0) is 18.5. The average Bonchev–Trinajstić information content (AvgIpc) is 3.26. The van der Waals surface area contributed by atoms with E-state index in [0.717, 1.165) is 16.9 Å². The van der Waals surface area contributed by atoms with Crippen LogP contribution in [-0.4, -0.2) is 32.8 Å². The number of aryl methyl sites for hydroxylation is 1. The molecule has 136 valence electrons. The third-order valence-corrected chi connectivity index (χ3v) is 4.76. The monoisotopic (exact) mass is 371 g/mol. The second-order valence-corrected chi connectivity index (χ2v) is 7.08. The molecule has 3 aromatic rings. The SMILES string of the molecule is Cc1occc1-c1nnc(SCC(=O)N(Cc2ccccc2)C(C)C)o1. The molecule has 0 bridgehead atoms. The molecule has 0 atom stereocenters. The van der Waals surface area contributed by atoms with E-state index in [0.29, 0.717) is 17.7 Å². The van der Waals surface area contributed by atoms with Crippen LogP contribution in [0.4, 0.5) is 0 Å². The van der Waals surface area contributed by atoms with E-state index in [1.54, 1.807) is 12.3 Å². The van der Waals surface area contributed by atoms with Gasteiger partial charge in [-0.15, -0.1) is 10.2 Å². The minimum Gasteiger partial charge on any atom is -0.469 e. The third kappa shape index (κ3) is 4.35. The highest BCUT2D eigenvalue weighted by Crippen LogP contribution is 2.26. The largest absolute Gasteiger partial charge is 0.469 e. The van der Waals surface area contributed by atoms with Gasteiger partial charge < -0.3 is 13.7 Å². The second kappa shape index (κ2) is 8.23. The predicted molar refractivity (Wildman–Crippen MR) is 99.6 cm³/mol. The van der Waals surface area contributed by atoms with Crippen LogP contribution >= 0.6 is 11.8 Å². The van der Waals surface area contributed by atoms with Gasteiger partial charge >= 0.3 is 0 Å². The van der Waals surface area contributed by atoms with Crippen molar-refractivity contribution in [3.05, 3.63) is 54.0 Å². The summed E-state index contributed by atoms with van der Waals surface area (Å²) < 4.78 is 10.9. The molecule has 0 radical (unpaired) electrons. The molecule has 0 aliphatic carbocycles. The van der Waals surface area contributed by atoms with Crippen LogP contribution in [0.2, 0.25) is 0 Å². The molecule has 0 fully saturated rings. The molecule has 0 N–H and O–H groups in total. The van der Waals surface area contributed by atoms with E-state index in [9.17, 15) is 4.79 Å². The molecule has 6 nitrogen and oxygen atoms in total. The quantitative estimate of drug-likeness (QED) is 0.581. The Bertz CT molecular complexity index is 858. The first-order valence-electron chi connectivity index (χ1n) is 8.38. The summed E-state index contributed by atoms with van der Waals surface area (Å²) >= 11 is 1.25. The average molecular weight is 371 g/mol.